The standard InChI is InChI=1S/C19H15BrN4O3/c20-14-9-5-4-8-13(14)17-23-22-16(27-17)11-24-18(25)15(21-19(24)26)10-12-6-2-1-3-7-12/h1-9,15H,10-11H2,(H,21,26). The van der Waals surface area contributed by atoms with Gasteiger partial charge in [-0.15, -0.1) is 10.2 Å². The van der Waals surface area contributed by atoms with Gasteiger partial charge in [-0.2, -0.15) is 0 Å². The second kappa shape index (κ2) is 7.32. The van der Waals surface area contributed by atoms with Crippen LogP contribution in [0, 0.1) is 0 Å². The molecule has 1 fully saturated rings. The number of hydrogen-bond donors (Lipinski definition) is 1. The first-order valence-electron chi connectivity index (χ1n) is 8.35. The quantitative estimate of drug-likeness (QED) is 0.632. The number of amides is 3. The lowest BCUT2D eigenvalue weighted by Gasteiger charge is -2.10. The fraction of sp³-hybridized carbons (Fsp3) is 0.158. The SMILES string of the molecule is O=C1NC(Cc2ccccc2)C(=O)N1Cc1nnc(-c2ccccc2Br)o1. The number of nitrogens with one attached hydrogen (secondary N) is 1. The number of urea groups is 1. The van der Waals surface area contributed by atoms with E-state index in [4.69, 9.17) is 4.42 Å². The van der Waals surface area contributed by atoms with Gasteiger partial charge < -0.3 is 9.73 Å². The summed E-state index contributed by atoms with van der Waals surface area (Å²) in [5.74, 6) is 0.222. The maximum absolute atomic E-state index is 12.6. The first-order chi connectivity index (χ1) is 13.1. The topological polar surface area (TPSA) is 88.3 Å². The van der Waals surface area contributed by atoms with E-state index in [-0.39, 0.29) is 18.3 Å². The van der Waals surface area contributed by atoms with Crippen LogP contribution in [0.5, 0.6) is 0 Å². The fourth-order valence-corrected chi connectivity index (χ4v) is 3.37. The number of nitrogens with zero attached hydrogens (tertiary/aromatic N) is 3. The van der Waals surface area contributed by atoms with Crippen molar-refractivity contribution in [1.82, 2.24) is 20.4 Å². The third-order valence-corrected chi connectivity index (χ3v) is 4.95. The van der Waals surface area contributed by atoms with Crippen molar-refractivity contribution < 1.29 is 14.0 Å². The van der Waals surface area contributed by atoms with Gasteiger partial charge in [0.15, 0.2) is 0 Å². The fourth-order valence-electron chi connectivity index (χ4n) is 2.91. The van der Waals surface area contributed by atoms with Crippen LogP contribution >= 0.6 is 15.9 Å². The van der Waals surface area contributed by atoms with E-state index in [1.807, 2.05) is 54.6 Å². The van der Waals surface area contributed by atoms with Crippen LogP contribution in [-0.2, 0) is 17.8 Å². The molecule has 1 aliphatic rings. The molecule has 7 nitrogen and oxygen atoms in total. The van der Waals surface area contributed by atoms with Gasteiger partial charge in [0, 0.05) is 10.9 Å². The molecule has 136 valence electrons. The molecule has 1 atom stereocenters. The van der Waals surface area contributed by atoms with Gasteiger partial charge in [0.05, 0.1) is 5.56 Å². The van der Waals surface area contributed by atoms with Gasteiger partial charge in [0.2, 0.25) is 11.8 Å². The summed E-state index contributed by atoms with van der Waals surface area (Å²) in [6.45, 7) is -0.0621. The Balaban J connectivity index is 1.47. The van der Waals surface area contributed by atoms with E-state index in [9.17, 15) is 9.59 Å². The van der Waals surface area contributed by atoms with Gasteiger partial charge in [-0.25, -0.2) is 4.79 Å². The average molecular weight is 427 g/mol. The third kappa shape index (κ3) is 3.61. The Morgan fingerprint density at radius 3 is 2.56 bits per heavy atom. The van der Waals surface area contributed by atoms with Crippen molar-refractivity contribution in [2.45, 2.75) is 19.0 Å². The zero-order valence-corrected chi connectivity index (χ0v) is 15.7. The second-order valence-electron chi connectivity index (χ2n) is 6.10. The minimum atomic E-state index is -0.592. The number of aromatic nitrogens is 2. The maximum atomic E-state index is 12.6. The molecule has 27 heavy (non-hydrogen) atoms. The normalized spacial score (nSPS) is 16.6. The minimum absolute atomic E-state index is 0.0621. The Kier molecular flexibility index (Phi) is 4.72. The van der Waals surface area contributed by atoms with Crippen molar-refractivity contribution in [2.24, 2.45) is 0 Å². The van der Waals surface area contributed by atoms with Crippen LogP contribution in [0.3, 0.4) is 0 Å². The Labute approximate surface area is 163 Å². The van der Waals surface area contributed by atoms with Crippen LogP contribution < -0.4 is 5.32 Å². The van der Waals surface area contributed by atoms with Crippen molar-refractivity contribution >= 4 is 27.9 Å². The number of imide groups is 1. The van der Waals surface area contributed by atoms with Gasteiger partial charge in [-0.1, -0.05) is 42.5 Å². The van der Waals surface area contributed by atoms with E-state index >= 15 is 0 Å². The molecule has 0 radical (unpaired) electrons. The lowest BCUT2D eigenvalue weighted by Crippen LogP contribution is -2.32. The van der Waals surface area contributed by atoms with E-state index in [2.05, 4.69) is 31.4 Å². The lowest BCUT2D eigenvalue weighted by atomic mass is 10.1. The lowest BCUT2D eigenvalue weighted by molar-refractivity contribution is -0.128. The van der Waals surface area contributed by atoms with E-state index in [0.717, 1.165) is 20.5 Å². The number of rotatable bonds is 5. The van der Waals surface area contributed by atoms with Crippen LogP contribution in [0.15, 0.2) is 63.5 Å². The maximum Gasteiger partial charge on any atom is 0.325 e. The summed E-state index contributed by atoms with van der Waals surface area (Å²) in [4.78, 5) is 25.9. The van der Waals surface area contributed by atoms with Gasteiger partial charge in [-0.05, 0) is 33.6 Å². The van der Waals surface area contributed by atoms with Gasteiger partial charge >= 0.3 is 6.03 Å². The van der Waals surface area contributed by atoms with E-state index in [0.29, 0.717) is 12.3 Å². The number of carbonyl (C=O) groups is 2. The summed E-state index contributed by atoms with van der Waals surface area (Å²) in [5.41, 5.74) is 1.72. The molecule has 1 aromatic heterocycles. The summed E-state index contributed by atoms with van der Waals surface area (Å²) in [6.07, 6.45) is 0.438. The van der Waals surface area contributed by atoms with Crippen LogP contribution in [0.4, 0.5) is 4.79 Å². The molecule has 4 rings (SSSR count). The zero-order chi connectivity index (χ0) is 18.8. The molecule has 0 spiro atoms. The van der Waals surface area contributed by atoms with Gasteiger partial charge in [0.1, 0.15) is 12.6 Å². The predicted molar refractivity (Wildman–Crippen MR) is 100 cm³/mol. The molecule has 3 aromatic rings. The molecule has 1 N–H and O–H groups in total. The highest BCUT2D eigenvalue weighted by molar-refractivity contribution is 9.10. The number of benzene rings is 2. The van der Waals surface area contributed by atoms with E-state index in [1.165, 1.54) is 0 Å². The number of carbonyl (C=O) groups excluding carboxylic acids is 2. The van der Waals surface area contributed by atoms with Crippen LogP contribution in [0.25, 0.3) is 11.5 Å². The largest absolute Gasteiger partial charge is 0.419 e. The highest BCUT2D eigenvalue weighted by atomic mass is 79.9. The second-order valence-corrected chi connectivity index (χ2v) is 6.95. The predicted octanol–water partition coefficient (Wildman–Crippen LogP) is 3.16. The van der Waals surface area contributed by atoms with Crippen molar-refractivity contribution in [1.29, 1.82) is 0 Å². The van der Waals surface area contributed by atoms with Crippen LogP contribution in [0.1, 0.15) is 11.5 Å². The highest BCUT2D eigenvalue weighted by Gasteiger charge is 2.38. The van der Waals surface area contributed by atoms with Crippen LogP contribution in [0.2, 0.25) is 0 Å². The van der Waals surface area contributed by atoms with Crippen LogP contribution in [-0.4, -0.2) is 33.1 Å². The molecular weight excluding hydrogens is 412 g/mol. The third-order valence-electron chi connectivity index (χ3n) is 4.25. The molecule has 3 amide bonds. The first-order valence-corrected chi connectivity index (χ1v) is 9.14. The summed E-state index contributed by atoms with van der Waals surface area (Å²) in [7, 11) is 0. The summed E-state index contributed by atoms with van der Waals surface area (Å²) in [6, 6.07) is 15.9. The van der Waals surface area contributed by atoms with E-state index in [1.54, 1.807) is 0 Å². The number of halogens is 1. The van der Waals surface area contributed by atoms with Crippen molar-refractivity contribution in [2.75, 3.05) is 0 Å². The first kappa shape index (κ1) is 17.4. The molecule has 1 saturated heterocycles. The molecule has 0 saturated carbocycles. The molecule has 2 aromatic carbocycles. The van der Waals surface area contributed by atoms with Gasteiger partial charge in [0.25, 0.3) is 5.91 Å². The molecule has 0 aliphatic carbocycles. The Morgan fingerprint density at radius 1 is 1.04 bits per heavy atom. The molecule has 1 aliphatic heterocycles. The summed E-state index contributed by atoms with van der Waals surface area (Å²) in [5, 5.41) is 10.7. The number of hydrogen-bond acceptors (Lipinski definition) is 5. The minimum Gasteiger partial charge on any atom is -0.419 e. The highest BCUT2D eigenvalue weighted by Crippen LogP contribution is 2.27. The molecule has 8 heteroatoms. The molecule has 2 heterocycles. The molecule has 1 unspecified atom stereocenters. The zero-order valence-electron chi connectivity index (χ0n) is 14.1. The Bertz CT molecular complexity index is 989. The van der Waals surface area contributed by atoms with Gasteiger partial charge in [-0.3, -0.25) is 9.69 Å². The Morgan fingerprint density at radius 2 is 1.78 bits per heavy atom. The van der Waals surface area contributed by atoms with Crippen molar-refractivity contribution in [3.63, 3.8) is 0 Å². The van der Waals surface area contributed by atoms with Crippen molar-refractivity contribution in [3.8, 4) is 11.5 Å². The summed E-state index contributed by atoms with van der Waals surface area (Å²) >= 11 is 3.43. The summed E-state index contributed by atoms with van der Waals surface area (Å²) < 4.78 is 6.45. The van der Waals surface area contributed by atoms with Crippen molar-refractivity contribution in [3.05, 3.63) is 70.5 Å². The van der Waals surface area contributed by atoms with E-state index < -0.39 is 12.1 Å². The monoisotopic (exact) mass is 426 g/mol. The average Bonchev–Trinajstić information content (AvgIpc) is 3.24. The molecular formula is C19H15BrN4O3. The molecule has 0 bridgehead atoms. The smallest absolute Gasteiger partial charge is 0.325 e. The Hall–Kier alpha value is -3.00.